The molecule has 0 atom stereocenters. The predicted molar refractivity (Wildman–Crippen MR) is 120 cm³/mol. The quantitative estimate of drug-likeness (QED) is 0.483. The summed E-state index contributed by atoms with van der Waals surface area (Å²) in [5.41, 5.74) is 1.37. The van der Waals surface area contributed by atoms with Crippen LogP contribution in [0.2, 0.25) is 5.02 Å². The molecule has 0 unspecified atom stereocenters. The molecular weight excluding hydrogens is 460 g/mol. The van der Waals surface area contributed by atoms with Gasteiger partial charge in [0.2, 0.25) is 0 Å². The average Bonchev–Trinajstić information content (AvgIpc) is 3.04. The lowest BCUT2D eigenvalue weighted by Crippen LogP contribution is -2.23. The fourth-order valence-electron chi connectivity index (χ4n) is 2.92. The first-order valence-corrected chi connectivity index (χ1v) is 12.4. The highest BCUT2D eigenvalue weighted by atomic mass is 35.5. The van der Waals surface area contributed by atoms with E-state index in [1.165, 1.54) is 23.5 Å². The fourth-order valence-corrected chi connectivity index (χ4v) is 5.13. The SMILES string of the molecule is CCOC(=O)Cn1c(=NC(=O)Cc2ccc(S(=O)(=O)CC)cc2)sc2cc(Cl)ccc21. The maximum atomic E-state index is 12.6. The summed E-state index contributed by atoms with van der Waals surface area (Å²) < 4.78 is 31.3. The van der Waals surface area contributed by atoms with Gasteiger partial charge in [-0.2, -0.15) is 4.99 Å². The van der Waals surface area contributed by atoms with Crippen molar-refractivity contribution >= 4 is 54.9 Å². The molecule has 0 aliphatic rings. The minimum absolute atomic E-state index is 0.000854. The molecule has 0 saturated carbocycles. The minimum Gasteiger partial charge on any atom is -0.465 e. The van der Waals surface area contributed by atoms with Gasteiger partial charge in [-0.1, -0.05) is 42.0 Å². The van der Waals surface area contributed by atoms with Crippen LogP contribution in [0, 0.1) is 0 Å². The van der Waals surface area contributed by atoms with Crippen LogP contribution in [0.3, 0.4) is 0 Å². The second kappa shape index (κ2) is 9.76. The van der Waals surface area contributed by atoms with E-state index in [1.807, 2.05) is 0 Å². The molecule has 0 N–H and O–H groups in total. The van der Waals surface area contributed by atoms with Gasteiger partial charge in [0.1, 0.15) is 6.54 Å². The Bertz CT molecular complexity index is 1290. The summed E-state index contributed by atoms with van der Waals surface area (Å²) in [6.45, 7) is 3.48. The van der Waals surface area contributed by atoms with Gasteiger partial charge >= 0.3 is 5.97 Å². The third kappa shape index (κ3) is 5.61. The average molecular weight is 481 g/mol. The summed E-state index contributed by atoms with van der Waals surface area (Å²) in [4.78, 5) is 29.4. The van der Waals surface area contributed by atoms with Gasteiger partial charge in [0, 0.05) is 5.02 Å². The molecule has 7 nitrogen and oxygen atoms in total. The molecule has 3 rings (SSSR count). The number of halogens is 1. The molecule has 0 spiro atoms. The van der Waals surface area contributed by atoms with Gasteiger partial charge in [-0.3, -0.25) is 9.59 Å². The first-order valence-electron chi connectivity index (χ1n) is 9.57. The van der Waals surface area contributed by atoms with E-state index in [2.05, 4.69) is 4.99 Å². The maximum Gasteiger partial charge on any atom is 0.326 e. The molecule has 3 aromatic rings. The van der Waals surface area contributed by atoms with Crippen LogP contribution < -0.4 is 4.80 Å². The lowest BCUT2D eigenvalue weighted by Gasteiger charge is -2.05. The number of sulfone groups is 1. The Kier molecular flexibility index (Phi) is 7.30. The highest BCUT2D eigenvalue weighted by Gasteiger charge is 2.14. The number of aromatic nitrogens is 1. The van der Waals surface area contributed by atoms with Gasteiger partial charge in [0.15, 0.2) is 14.6 Å². The molecule has 0 radical (unpaired) electrons. The molecule has 31 heavy (non-hydrogen) atoms. The molecule has 0 bridgehead atoms. The van der Waals surface area contributed by atoms with Crippen LogP contribution in [-0.2, 0) is 37.1 Å². The molecule has 164 valence electrons. The number of hydrogen-bond acceptors (Lipinski definition) is 6. The van der Waals surface area contributed by atoms with Crippen molar-refractivity contribution in [2.75, 3.05) is 12.4 Å². The van der Waals surface area contributed by atoms with Gasteiger partial charge in [-0.05, 0) is 42.8 Å². The molecule has 0 aliphatic heterocycles. The maximum absolute atomic E-state index is 12.6. The lowest BCUT2D eigenvalue weighted by molar-refractivity contribution is -0.143. The Balaban J connectivity index is 1.92. The van der Waals surface area contributed by atoms with Crippen molar-refractivity contribution in [3.8, 4) is 0 Å². The number of thiazole rings is 1. The van der Waals surface area contributed by atoms with E-state index in [0.717, 1.165) is 10.2 Å². The molecular formula is C21H21ClN2O5S2. The number of amides is 1. The fraction of sp³-hybridized carbons (Fsp3) is 0.286. The Morgan fingerprint density at radius 1 is 1.13 bits per heavy atom. The molecule has 1 amide bonds. The van der Waals surface area contributed by atoms with Crippen molar-refractivity contribution in [3.63, 3.8) is 0 Å². The van der Waals surface area contributed by atoms with Crippen LogP contribution in [-0.4, -0.2) is 37.2 Å². The molecule has 1 heterocycles. The summed E-state index contributed by atoms with van der Waals surface area (Å²) in [5.74, 6) is -0.836. The van der Waals surface area contributed by atoms with E-state index in [1.54, 1.807) is 48.7 Å². The number of carbonyl (C=O) groups is 2. The van der Waals surface area contributed by atoms with Crippen molar-refractivity contribution in [2.24, 2.45) is 4.99 Å². The minimum atomic E-state index is -3.30. The Labute approximate surface area is 188 Å². The number of carbonyl (C=O) groups excluding carboxylic acids is 2. The number of benzene rings is 2. The normalized spacial score (nSPS) is 12.3. The van der Waals surface area contributed by atoms with Gasteiger partial charge in [0.05, 0.1) is 33.9 Å². The summed E-state index contributed by atoms with van der Waals surface area (Å²) in [5, 5.41) is 0.539. The Hall–Kier alpha value is -2.49. The number of nitrogens with zero attached hydrogens (tertiary/aromatic N) is 2. The van der Waals surface area contributed by atoms with Gasteiger partial charge < -0.3 is 9.30 Å². The van der Waals surface area contributed by atoms with E-state index in [4.69, 9.17) is 16.3 Å². The van der Waals surface area contributed by atoms with Crippen molar-refractivity contribution in [1.82, 2.24) is 4.57 Å². The molecule has 2 aromatic carbocycles. The molecule has 0 aliphatic carbocycles. The van der Waals surface area contributed by atoms with Crippen molar-refractivity contribution in [2.45, 2.75) is 31.7 Å². The van der Waals surface area contributed by atoms with Crippen LogP contribution in [0.25, 0.3) is 10.2 Å². The molecule has 0 saturated heterocycles. The number of fused-ring (bicyclic) bond motifs is 1. The lowest BCUT2D eigenvalue weighted by atomic mass is 10.1. The topological polar surface area (TPSA) is 94.8 Å². The van der Waals surface area contributed by atoms with Crippen molar-refractivity contribution in [3.05, 3.63) is 57.9 Å². The third-order valence-electron chi connectivity index (χ3n) is 4.48. The zero-order valence-electron chi connectivity index (χ0n) is 17.0. The second-order valence-electron chi connectivity index (χ2n) is 6.62. The zero-order chi connectivity index (χ0) is 22.6. The number of rotatable bonds is 7. The second-order valence-corrected chi connectivity index (χ2v) is 10.3. The monoisotopic (exact) mass is 480 g/mol. The third-order valence-corrected chi connectivity index (χ3v) is 7.50. The number of esters is 1. The molecule has 0 fully saturated rings. The number of ether oxygens (including phenoxy) is 1. The Morgan fingerprint density at radius 2 is 1.84 bits per heavy atom. The number of hydrogen-bond donors (Lipinski definition) is 0. The standard InChI is InChI=1S/C21H21ClN2O5S2/c1-3-29-20(26)13-24-17-10-7-15(22)12-18(17)30-21(24)23-19(25)11-14-5-8-16(9-6-14)31(27,28)4-2/h5-10,12H,3-4,11,13H2,1-2H3. The van der Waals surface area contributed by atoms with Gasteiger partial charge in [-0.25, -0.2) is 8.42 Å². The smallest absolute Gasteiger partial charge is 0.326 e. The highest BCUT2D eigenvalue weighted by molar-refractivity contribution is 7.91. The van der Waals surface area contributed by atoms with Gasteiger partial charge in [0.25, 0.3) is 5.91 Å². The van der Waals surface area contributed by atoms with Crippen LogP contribution >= 0.6 is 22.9 Å². The first-order chi connectivity index (χ1) is 14.7. The highest BCUT2D eigenvalue weighted by Crippen LogP contribution is 2.22. The summed E-state index contributed by atoms with van der Waals surface area (Å²) >= 11 is 7.32. The van der Waals surface area contributed by atoms with Crippen molar-refractivity contribution in [1.29, 1.82) is 0 Å². The van der Waals surface area contributed by atoms with E-state index in [-0.39, 0.29) is 30.2 Å². The summed E-state index contributed by atoms with van der Waals surface area (Å²) in [7, 11) is -3.30. The summed E-state index contributed by atoms with van der Waals surface area (Å²) in [6, 6.07) is 11.4. The molecule has 10 heteroatoms. The van der Waals surface area contributed by atoms with Crippen LogP contribution in [0.1, 0.15) is 19.4 Å². The van der Waals surface area contributed by atoms with Crippen LogP contribution in [0.4, 0.5) is 0 Å². The zero-order valence-corrected chi connectivity index (χ0v) is 19.4. The van der Waals surface area contributed by atoms with Crippen LogP contribution in [0.5, 0.6) is 0 Å². The molecule has 1 aromatic heterocycles. The van der Waals surface area contributed by atoms with Gasteiger partial charge in [-0.15, -0.1) is 0 Å². The van der Waals surface area contributed by atoms with E-state index >= 15 is 0 Å². The van der Waals surface area contributed by atoms with Crippen molar-refractivity contribution < 1.29 is 22.7 Å². The van der Waals surface area contributed by atoms with E-state index in [0.29, 0.717) is 15.4 Å². The van der Waals surface area contributed by atoms with E-state index in [9.17, 15) is 18.0 Å². The van der Waals surface area contributed by atoms with E-state index < -0.39 is 21.7 Å². The Morgan fingerprint density at radius 3 is 2.48 bits per heavy atom. The summed E-state index contributed by atoms with van der Waals surface area (Å²) in [6.07, 6.45) is 0.000854. The van der Waals surface area contributed by atoms with Crippen LogP contribution in [0.15, 0.2) is 52.4 Å². The first kappa shape index (κ1) is 23.2. The largest absolute Gasteiger partial charge is 0.465 e. The predicted octanol–water partition coefficient (Wildman–Crippen LogP) is 3.38.